The highest BCUT2D eigenvalue weighted by molar-refractivity contribution is 7.00. The molecule has 3 heterocycles. The number of benzene rings is 6. The van der Waals surface area contributed by atoms with Gasteiger partial charge in [-0.3, -0.25) is 0 Å². The zero-order chi connectivity index (χ0) is 34.5. The zero-order valence-electron chi connectivity index (χ0n) is 30.4. The number of fused-ring (bicyclic) bond motifs is 9. The van der Waals surface area contributed by atoms with E-state index in [1.165, 1.54) is 94.3 Å². The third kappa shape index (κ3) is 3.71. The predicted molar refractivity (Wildman–Crippen MR) is 214 cm³/mol. The predicted octanol–water partition coefficient (Wildman–Crippen LogP) is 9.97. The van der Waals surface area contributed by atoms with E-state index in [9.17, 15) is 0 Å². The second-order valence-corrected chi connectivity index (χ2v) is 17.1. The van der Waals surface area contributed by atoms with Crippen molar-refractivity contribution in [1.82, 2.24) is 4.57 Å². The summed E-state index contributed by atoms with van der Waals surface area (Å²) in [6.07, 6.45) is 0. The van der Waals surface area contributed by atoms with Crippen LogP contribution in [0.1, 0.15) is 81.8 Å². The van der Waals surface area contributed by atoms with Crippen LogP contribution in [-0.4, -0.2) is 11.3 Å². The molecule has 0 fully saturated rings. The molecule has 3 heteroatoms. The molecule has 1 aliphatic carbocycles. The summed E-state index contributed by atoms with van der Waals surface area (Å²) in [4.78, 5) is 2.59. The minimum absolute atomic E-state index is 0.0819. The maximum atomic E-state index is 2.62. The highest BCUT2D eigenvalue weighted by Crippen LogP contribution is 2.52. The Labute approximate surface area is 296 Å². The third-order valence-electron chi connectivity index (χ3n) is 12.4. The molecule has 0 saturated carbocycles. The Morgan fingerprint density at radius 2 is 1.18 bits per heavy atom. The number of aryl methyl sites for hydroxylation is 1. The molecular weight excluding hydrogens is 603 g/mol. The Kier molecular flexibility index (Phi) is 5.74. The van der Waals surface area contributed by atoms with Gasteiger partial charge in [0, 0.05) is 49.9 Å². The number of hydrogen-bond donors (Lipinski definition) is 0. The van der Waals surface area contributed by atoms with Gasteiger partial charge in [-0.05, 0) is 98.5 Å². The van der Waals surface area contributed by atoms with E-state index in [2.05, 4.69) is 180 Å². The van der Waals surface area contributed by atoms with Gasteiger partial charge in [-0.15, -0.1) is 0 Å². The summed E-state index contributed by atoms with van der Waals surface area (Å²) in [5, 5.41) is 2.65. The van der Waals surface area contributed by atoms with Gasteiger partial charge in [-0.25, -0.2) is 0 Å². The maximum Gasteiger partial charge on any atom is 0.252 e. The van der Waals surface area contributed by atoms with Gasteiger partial charge in [0.05, 0.1) is 5.52 Å². The van der Waals surface area contributed by atoms with Crippen LogP contribution in [0.5, 0.6) is 0 Å². The fourth-order valence-electron chi connectivity index (χ4n) is 9.88. The first kappa shape index (κ1) is 29.9. The van der Waals surface area contributed by atoms with Crippen molar-refractivity contribution in [3.05, 3.63) is 149 Å². The molecule has 0 saturated heterocycles. The molecule has 50 heavy (non-hydrogen) atoms. The summed E-state index contributed by atoms with van der Waals surface area (Å²) in [7, 11) is 0. The average molecular weight is 647 g/mol. The van der Waals surface area contributed by atoms with Crippen LogP contribution in [0, 0.1) is 6.92 Å². The van der Waals surface area contributed by atoms with Crippen molar-refractivity contribution in [2.24, 2.45) is 0 Å². The Bertz CT molecular complexity index is 2590. The smallest absolute Gasteiger partial charge is 0.252 e. The largest absolute Gasteiger partial charge is 0.311 e. The quantitative estimate of drug-likeness (QED) is 0.161. The minimum Gasteiger partial charge on any atom is -0.311 e. The molecular formula is C47H43BN2. The van der Waals surface area contributed by atoms with E-state index >= 15 is 0 Å². The number of hydrogen-bond acceptors (Lipinski definition) is 1. The van der Waals surface area contributed by atoms with Crippen LogP contribution in [0.4, 0.5) is 17.1 Å². The van der Waals surface area contributed by atoms with Gasteiger partial charge in [0.15, 0.2) is 0 Å². The lowest BCUT2D eigenvalue weighted by Crippen LogP contribution is -2.61. The van der Waals surface area contributed by atoms with Gasteiger partial charge in [0.25, 0.3) is 6.71 Å². The van der Waals surface area contributed by atoms with Crippen LogP contribution in [0.15, 0.2) is 115 Å². The van der Waals surface area contributed by atoms with Crippen molar-refractivity contribution in [2.75, 3.05) is 4.90 Å². The third-order valence-corrected chi connectivity index (χ3v) is 12.4. The number of aromatic nitrogens is 1. The van der Waals surface area contributed by atoms with Crippen molar-refractivity contribution in [1.29, 1.82) is 0 Å². The van der Waals surface area contributed by atoms with E-state index in [1.54, 1.807) is 0 Å². The van der Waals surface area contributed by atoms with Crippen molar-refractivity contribution in [3.8, 4) is 5.69 Å². The highest BCUT2D eigenvalue weighted by atomic mass is 15.2. The Morgan fingerprint density at radius 1 is 0.560 bits per heavy atom. The summed E-state index contributed by atoms with van der Waals surface area (Å²) < 4.78 is 2.57. The van der Waals surface area contributed by atoms with E-state index in [-0.39, 0.29) is 23.0 Å². The van der Waals surface area contributed by atoms with Crippen molar-refractivity contribution in [3.63, 3.8) is 0 Å². The number of para-hydroxylation sites is 2. The fourth-order valence-corrected chi connectivity index (χ4v) is 9.88. The first-order chi connectivity index (χ1) is 23.9. The molecule has 10 rings (SSSR count). The Morgan fingerprint density at radius 3 is 1.88 bits per heavy atom. The molecule has 6 aromatic carbocycles. The summed E-state index contributed by atoms with van der Waals surface area (Å²) >= 11 is 0. The summed E-state index contributed by atoms with van der Waals surface area (Å²) in [5.74, 6) is 0. The van der Waals surface area contributed by atoms with Gasteiger partial charge in [0.2, 0.25) is 0 Å². The molecule has 0 N–H and O–H groups in total. The van der Waals surface area contributed by atoms with Crippen molar-refractivity contribution < 1.29 is 0 Å². The molecule has 3 aliphatic rings. The van der Waals surface area contributed by atoms with Gasteiger partial charge in [-0.1, -0.05) is 127 Å². The molecule has 244 valence electrons. The minimum atomic E-state index is -0.144. The summed E-state index contributed by atoms with van der Waals surface area (Å²) in [6, 6.07) is 44.6. The molecule has 1 aromatic heterocycles. The normalized spacial score (nSPS) is 16.2. The maximum absolute atomic E-state index is 2.62. The lowest BCUT2D eigenvalue weighted by molar-refractivity contribution is 0.521. The number of nitrogens with zero attached hydrogens (tertiary/aromatic N) is 2. The van der Waals surface area contributed by atoms with Crippen LogP contribution >= 0.6 is 0 Å². The number of rotatable bonds is 1. The molecule has 0 unspecified atom stereocenters. The van der Waals surface area contributed by atoms with E-state index in [1.807, 2.05) is 0 Å². The number of anilines is 3. The van der Waals surface area contributed by atoms with Gasteiger partial charge in [-0.2, -0.15) is 0 Å². The molecule has 2 nitrogen and oxygen atoms in total. The standard InChI is InChI=1S/C47H43BN2/c1-28-24-41-43-42(25-28)50-39-19-12-9-14-31(39)32-15-13-18-37(44(32)50)48(43)38-26-35-36(47(7,8)34-17-11-10-16-33(34)46(35,5)6)27-40(38)49(41)30-22-20-29(21-23-30)45(2,3)4/h9-27H,1-8H3. The first-order valence-corrected chi connectivity index (χ1v) is 18.2. The van der Waals surface area contributed by atoms with Crippen molar-refractivity contribution >= 4 is 62.0 Å². The molecule has 0 amide bonds. The molecule has 0 bridgehead atoms. The SMILES string of the molecule is Cc1cc2c3c(c1)-n1c4ccccc4c4cccc(c41)B3c1cc3c(cc1N2c1ccc(C(C)(C)C)cc1)C(C)(C)c1ccccc1C3(C)C. The molecule has 0 spiro atoms. The van der Waals surface area contributed by atoms with E-state index in [0.29, 0.717) is 0 Å². The molecule has 0 atom stereocenters. The van der Waals surface area contributed by atoms with E-state index in [0.717, 1.165) is 0 Å². The van der Waals surface area contributed by atoms with E-state index < -0.39 is 0 Å². The zero-order valence-corrected chi connectivity index (χ0v) is 30.4. The van der Waals surface area contributed by atoms with Crippen LogP contribution in [-0.2, 0) is 16.2 Å². The average Bonchev–Trinajstić information content (AvgIpc) is 3.44. The fraction of sp³-hybridized carbons (Fsp3) is 0.234. The van der Waals surface area contributed by atoms with Crippen molar-refractivity contribution in [2.45, 2.75) is 71.6 Å². The summed E-state index contributed by atoms with van der Waals surface area (Å²) in [5.41, 5.74) is 20.1. The lowest BCUT2D eigenvalue weighted by atomic mass is 9.33. The van der Waals surface area contributed by atoms with Gasteiger partial charge < -0.3 is 9.47 Å². The van der Waals surface area contributed by atoms with Crippen LogP contribution < -0.4 is 21.3 Å². The topological polar surface area (TPSA) is 8.17 Å². The van der Waals surface area contributed by atoms with E-state index in [4.69, 9.17) is 0 Å². The van der Waals surface area contributed by atoms with Crippen LogP contribution in [0.2, 0.25) is 0 Å². The second kappa shape index (κ2) is 9.61. The molecule has 0 radical (unpaired) electrons. The highest BCUT2D eigenvalue weighted by Gasteiger charge is 2.47. The Hall–Kier alpha value is -5.02. The monoisotopic (exact) mass is 646 g/mol. The van der Waals surface area contributed by atoms with Crippen LogP contribution in [0.3, 0.4) is 0 Å². The Balaban J connectivity index is 1.35. The summed E-state index contributed by atoms with van der Waals surface area (Å²) in [6.45, 7) is 19.0. The van der Waals surface area contributed by atoms with Gasteiger partial charge >= 0.3 is 0 Å². The van der Waals surface area contributed by atoms with Crippen LogP contribution in [0.25, 0.3) is 27.5 Å². The first-order valence-electron chi connectivity index (χ1n) is 18.2. The van der Waals surface area contributed by atoms with Gasteiger partial charge in [0.1, 0.15) is 0 Å². The molecule has 2 aliphatic heterocycles. The lowest BCUT2D eigenvalue weighted by Gasteiger charge is -2.47. The second-order valence-electron chi connectivity index (χ2n) is 17.1. The molecule has 7 aromatic rings.